The number of thiophene rings is 1. The number of aryl methyl sites for hydroxylation is 1. The molecule has 0 aliphatic carbocycles. The Balaban J connectivity index is 1.34. The molecular formula is C20H24N5OS+. The van der Waals surface area contributed by atoms with Crippen LogP contribution in [0, 0.1) is 0 Å². The van der Waals surface area contributed by atoms with E-state index in [1.807, 2.05) is 18.2 Å². The zero-order chi connectivity index (χ0) is 18.6. The summed E-state index contributed by atoms with van der Waals surface area (Å²) in [5.74, 6) is 1.10. The SMILES string of the molecule is CCc1ccccc1NC(=O)C[NH+]1CCN(c2ncnc3sccc23)CC1. The minimum atomic E-state index is 0.0848. The van der Waals surface area contributed by atoms with Crippen molar-refractivity contribution < 1.29 is 9.69 Å². The molecule has 0 spiro atoms. The van der Waals surface area contributed by atoms with Crippen molar-refractivity contribution in [1.29, 1.82) is 0 Å². The van der Waals surface area contributed by atoms with Gasteiger partial charge >= 0.3 is 0 Å². The number of piperazine rings is 1. The molecule has 7 heteroatoms. The highest BCUT2D eigenvalue weighted by Crippen LogP contribution is 2.26. The summed E-state index contributed by atoms with van der Waals surface area (Å²) >= 11 is 1.64. The second-order valence-electron chi connectivity index (χ2n) is 6.81. The molecular weight excluding hydrogens is 358 g/mol. The Morgan fingerprint density at radius 3 is 2.85 bits per heavy atom. The number of anilines is 2. The number of para-hydroxylation sites is 1. The van der Waals surface area contributed by atoms with E-state index < -0.39 is 0 Å². The summed E-state index contributed by atoms with van der Waals surface area (Å²) in [6.45, 7) is 6.26. The van der Waals surface area contributed by atoms with E-state index in [1.165, 1.54) is 10.5 Å². The Kier molecular flexibility index (Phi) is 5.31. The largest absolute Gasteiger partial charge is 0.345 e. The molecule has 3 aromatic rings. The summed E-state index contributed by atoms with van der Waals surface area (Å²) in [4.78, 5) is 26.0. The monoisotopic (exact) mass is 382 g/mol. The third-order valence-corrected chi connectivity index (χ3v) is 5.91. The first-order chi connectivity index (χ1) is 13.2. The van der Waals surface area contributed by atoms with Crippen LogP contribution in [0.5, 0.6) is 0 Å². The number of benzene rings is 1. The van der Waals surface area contributed by atoms with Crippen LogP contribution < -0.4 is 15.1 Å². The fourth-order valence-electron chi connectivity index (χ4n) is 3.61. The van der Waals surface area contributed by atoms with E-state index in [0.717, 1.165) is 54.3 Å². The maximum Gasteiger partial charge on any atom is 0.279 e. The lowest BCUT2D eigenvalue weighted by Gasteiger charge is -2.32. The average molecular weight is 383 g/mol. The molecule has 1 saturated heterocycles. The number of fused-ring (bicyclic) bond motifs is 1. The highest BCUT2D eigenvalue weighted by atomic mass is 32.1. The molecule has 2 aromatic heterocycles. The van der Waals surface area contributed by atoms with E-state index in [9.17, 15) is 4.79 Å². The van der Waals surface area contributed by atoms with Gasteiger partial charge in [0.2, 0.25) is 0 Å². The van der Waals surface area contributed by atoms with Crippen molar-refractivity contribution in [1.82, 2.24) is 9.97 Å². The fraction of sp³-hybridized carbons (Fsp3) is 0.350. The molecule has 1 amide bonds. The molecule has 27 heavy (non-hydrogen) atoms. The van der Waals surface area contributed by atoms with Crippen molar-refractivity contribution in [2.24, 2.45) is 0 Å². The van der Waals surface area contributed by atoms with Crippen LogP contribution in [0.25, 0.3) is 10.2 Å². The second kappa shape index (κ2) is 8.02. The molecule has 1 fully saturated rings. The molecule has 0 bridgehead atoms. The molecule has 1 aromatic carbocycles. The van der Waals surface area contributed by atoms with Crippen molar-refractivity contribution in [2.75, 3.05) is 42.9 Å². The summed E-state index contributed by atoms with van der Waals surface area (Å²) in [7, 11) is 0. The zero-order valence-electron chi connectivity index (χ0n) is 15.4. The van der Waals surface area contributed by atoms with Gasteiger partial charge in [-0.2, -0.15) is 0 Å². The molecule has 1 aliphatic heterocycles. The van der Waals surface area contributed by atoms with E-state index in [1.54, 1.807) is 17.7 Å². The summed E-state index contributed by atoms with van der Waals surface area (Å²) < 4.78 is 0. The predicted octanol–water partition coefficient (Wildman–Crippen LogP) is 1.60. The van der Waals surface area contributed by atoms with Gasteiger partial charge in [0.25, 0.3) is 5.91 Å². The van der Waals surface area contributed by atoms with Gasteiger partial charge in [-0.15, -0.1) is 11.3 Å². The van der Waals surface area contributed by atoms with E-state index in [0.29, 0.717) is 6.54 Å². The molecule has 0 atom stereocenters. The average Bonchev–Trinajstić information content (AvgIpc) is 3.18. The number of carbonyl (C=O) groups is 1. The maximum atomic E-state index is 12.5. The van der Waals surface area contributed by atoms with Crippen LogP contribution in [-0.2, 0) is 11.2 Å². The van der Waals surface area contributed by atoms with Gasteiger partial charge in [-0.3, -0.25) is 4.79 Å². The van der Waals surface area contributed by atoms with Crippen LogP contribution in [0.1, 0.15) is 12.5 Å². The number of quaternary nitrogens is 1. The topological polar surface area (TPSA) is 62.6 Å². The highest BCUT2D eigenvalue weighted by Gasteiger charge is 2.24. The van der Waals surface area contributed by atoms with E-state index in [2.05, 4.69) is 44.6 Å². The quantitative estimate of drug-likeness (QED) is 0.704. The summed E-state index contributed by atoms with van der Waals surface area (Å²) in [5.41, 5.74) is 2.11. The first-order valence-electron chi connectivity index (χ1n) is 9.39. The minimum absolute atomic E-state index is 0.0848. The number of rotatable bonds is 5. The van der Waals surface area contributed by atoms with Crippen molar-refractivity contribution in [3.05, 3.63) is 47.6 Å². The van der Waals surface area contributed by atoms with E-state index in [-0.39, 0.29) is 5.91 Å². The summed E-state index contributed by atoms with van der Waals surface area (Å²) in [5, 5.41) is 6.26. The molecule has 6 nitrogen and oxygen atoms in total. The van der Waals surface area contributed by atoms with Gasteiger partial charge in [-0.05, 0) is 29.5 Å². The molecule has 140 valence electrons. The van der Waals surface area contributed by atoms with Gasteiger partial charge in [0.15, 0.2) is 6.54 Å². The molecule has 1 aliphatic rings. The molecule has 4 rings (SSSR count). The van der Waals surface area contributed by atoms with Crippen LogP contribution in [-0.4, -0.2) is 48.6 Å². The Hall–Kier alpha value is -2.51. The van der Waals surface area contributed by atoms with Crippen molar-refractivity contribution in [3.8, 4) is 0 Å². The van der Waals surface area contributed by atoms with Crippen molar-refractivity contribution in [3.63, 3.8) is 0 Å². The lowest BCUT2D eigenvalue weighted by atomic mass is 10.1. The normalized spacial score (nSPS) is 15.2. The van der Waals surface area contributed by atoms with Gasteiger partial charge in [0.05, 0.1) is 31.6 Å². The Bertz CT molecular complexity index is 933. The zero-order valence-corrected chi connectivity index (χ0v) is 16.3. The van der Waals surface area contributed by atoms with Crippen LogP contribution in [0.3, 0.4) is 0 Å². The van der Waals surface area contributed by atoms with Crippen LogP contribution in [0.4, 0.5) is 11.5 Å². The van der Waals surface area contributed by atoms with Crippen LogP contribution in [0.15, 0.2) is 42.0 Å². The van der Waals surface area contributed by atoms with Gasteiger partial charge in [-0.25, -0.2) is 9.97 Å². The maximum absolute atomic E-state index is 12.5. The van der Waals surface area contributed by atoms with Crippen molar-refractivity contribution in [2.45, 2.75) is 13.3 Å². The lowest BCUT2D eigenvalue weighted by Crippen LogP contribution is -3.15. The second-order valence-corrected chi connectivity index (χ2v) is 7.70. The number of aromatic nitrogens is 2. The number of hydrogen-bond acceptors (Lipinski definition) is 5. The van der Waals surface area contributed by atoms with Gasteiger partial charge < -0.3 is 15.1 Å². The van der Waals surface area contributed by atoms with E-state index in [4.69, 9.17) is 0 Å². The van der Waals surface area contributed by atoms with Gasteiger partial charge in [-0.1, -0.05) is 25.1 Å². The fourth-order valence-corrected chi connectivity index (χ4v) is 4.34. The van der Waals surface area contributed by atoms with Crippen LogP contribution in [0.2, 0.25) is 0 Å². The number of carbonyl (C=O) groups excluding carboxylic acids is 1. The number of hydrogen-bond donors (Lipinski definition) is 2. The Morgan fingerprint density at radius 1 is 1.22 bits per heavy atom. The van der Waals surface area contributed by atoms with Crippen LogP contribution >= 0.6 is 11.3 Å². The first-order valence-corrected chi connectivity index (χ1v) is 10.3. The predicted molar refractivity (Wildman–Crippen MR) is 110 cm³/mol. The molecule has 3 heterocycles. The van der Waals surface area contributed by atoms with Crippen molar-refractivity contribution >= 4 is 39.0 Å². The van der Waals surface area contributed by atoms with E-state index >= 15 is 0 Å². The summed E-state index contributed by atoms with van der Waals surface area (Å²) in [6.07, 6.45) is 2.56. The molecule has 0 saturated carbocycles. The number of amides is 1. The molecule has 0 radical (unpaired) electrons. The minimum Gasteiger partial charge on any atom is -0.345 e. The first kappa shape index (κ1) is 17.9. The lowest BCUT2D eigenvalue weighted by molar-refractivity contribution is -0.892. The molecule has 2 N–H and O–H groups in total. The number of nitrogens with zero attached hydrogens (tertiary/aromatic N) is 3. The van der Waals surface area contributed by atoms with Gasteiger partial charge in [0, 0.05) is 5.69 Å². The Morgan fingerprint density at radius 2 is 2.04 bits per heavy atom. The smallest absolute Gasteiger partial charge is 0.279 e. The highest BCUT2D eigenvalue weighted by molar-refractivity contribution is 7.16. The number of nitrogens with one attached hydrogen (secondary N) is 2. The summed E-state index contributed by atoms with van der Waals surface area (Å²) in [6, 6.07) is 10.1. The van der Waals surface area contributed by atoms with Gasteiger partial charge in [0.1, 0.15) is 17.0 Å². The molecule has 0 unspecified atom stereocenters. The third-order valence-electron chi connectivity index (χ3n) is 5.09. The Labute approximate surface area is 162 Å². The standard InChI is InChI=1S/C20H23N5OS/c1-2-15-5-3-4-6-17(15)23-18(26)13-24-8-10-25(11-9-24)19-16-7-12-27-20(16)22-14-21-19/h3-7,12,14H,2,8-11,13H2,1H3,(H,23,26)/p+1. The third kappa shape index (κ3) is 3.94.